The molecule has 0 saturated carbocycles. The molecule has 1 amide bonds. The van der Waals surface area contributed by atoms with Gasteiger partial charge in [-0.25, -0.2) is 4.98 Å². The maximum atomic E-state index is 12.2. The van der Waals surface area contributed by atoms with Crippen molar-refractivity contribution in [1.29, 1.82) is 0 Å². The average Bonchev–Trinajstić information content (AvgIpc) is 3.32. The zero-order chi connectivity index (χ0) is 16.4. The number of carbonyl (C=O) groups excluding carboxylic acids is 1. The topological polar surface area (TPSA) is 70.5 Å². The van der Waals surface area contributed by atoms with Gasteiger partial charge in [0.25, 0.3) is 0 Å². The Kier molecular flexibility index (Phi) is 4.31. The number of aliphatic imine (C=N–C) groups is 1. The molecule has 4 heterocycles. The van der Waals surface area contributed by atoms with E-state index in [4.69, 9.17) is 0 Å². The fourth-order valence-corrected chi connectivity index (χ4v) is 4.33. The van der Waals surface area contributed by atoms with Crippen LogP contribution in [0.2, 0.25) is 0 Å². The number of nitrogens with zero attached hydrogens (tertiary/aromatic N) is 4. The summed E-state index contributed by atoms with van der Waals surface area (Å²) in [4.78, 5) is 27.3. The van der Waals surface area contributed by atoms with Gasteiger partial charge in [0.15, 0.2) is 5.17 Å². The summed E-state index contributed by atoms with van der Waals surface area (Å²) in [6.07, 6.45) is 3.89. The van der Waals surface area contributed by atoms with Crippen molar-refractivity contribution in [3.63, 3.8) is 0 Å². The minimum Gasteiger partial charge on any atom is -0.350 e. The molecule has 8 heteroatoms. The number of nitrogens with one attached hydrogen (secondary N) is 1. The first-order valence-electron chi connectivity index (χ1n) is 7.59. The largest absolute Gasteiger partial charge is 0.350 e. The smallest absolute Gasteiger partial charge is 0.226 e. The highest BCUT2D eigenvalue weighted by molar-refractivity contribution is 8.16. The molecule has 0 bridgehead atoms. The zero-order valence-corrected chi connectivity index (χ0v) is 14.4. The van der Waals surface area contributed by atoms with Crippen molar-refractivity contribution >= 4 is 34.2 Å². The Balaban J connectivity index is 1.32. The second-order valence-electron chi connectivity index (χ2n) is 5.38. The lowest BCUT2D eigenvalue weighted by Gasteiger charge is -2.15. The minimum atomic E-state index is 0.00783. The molecule has 0 atom stereocenters. The predicted molar refractivity (Wildman–Crippen MR) is 96.5 cm³/mol. The third-order valence-electron chi connectivity index (χ3n) is 3.74. The van der Waals surface area contributed by atoms with E-state index in [-0.39, 0.29) is 5.91 Å². The average molecular weight is 357 g/mol. The molecule has 1 N–H and O–H groups in total. The van der Waals surface area contributed by atoms with Crippen LogP contribution in [0.1, 0.15) is 12.1 Å². The van der Waals surface area contributed by atoms with E-state index >= 15 is 0 Å². The van der Waals surface area contributed by atoms with Gasteiger partial charge in [0.05, 0.1) is 25.2 Å². The summed E-state index contributed by atoms with van der Waals surface area (Å²) in [5.74, 6) is 0.00783. The molecular weight excluding hydrogens is 342 g/mol. The first kappa shape index (κ1) is 15.3. The minimum absolute atomic E-state index is 0.00783. The van der Waals surface area contributed by atoms with E-state index in [0.29, 0.717) is 13.0 Å². The van der Waals surface area contributed by atoms with E-state index in [2.05, 4.69) is 25.2 Å². The maximum absolute atomic E-state index is 12.2. The monoisotopic (exact) mass is 357 g/mol. The molecule has 0 unspecified atom stereocenters. The van der Waals surface area contributed by atoms with Crippen LogP contribution in [0.3, 0.4) is 0 Å². The number of amidine groups is 1. The number of carbonyl (C=O) groups is 1. The van der Waals surface area contributed by atoms with E-state index in [1.807, 2.05) is 22.9 Å². The lowest BCUT2D eigenvalue weighted by atomic mass is 10.3. The Morgan fingerprint density at radius 1 is 1.33 bits per heavy atom. The summed E-state index contributed by atoms with van der Waals surface area (Å²) >= 11 is 3.17. The molecule has 4 rings (SSSR count). The molecule has 0 fully saturated rings. The van der Waals surface area contributed by atoms with Gasteiger partial charge in [-0.2, -0.15) is 0 Å². The van der Waals surface area contributed by atoms with E-state index in [0.717, 1.165) is 40.2 Å². The highest BCUT2D eigenvalue weighted by Crippen LogP contribution is 2.30. The lowest BCUT2D eigenvalue weighted by Crippen LogP contribution is -2.28. The van der Waals surface area contributed by atoms with Crippen molar-refractivity contribution in [1.82, 2.24) is 20.2 Å². The van der Waals surface area contributed by atoms with Crippen molar-refractivity contribution in [2.45, 2.75) is 13.0 Å². The van der Waals surface area contributed by atoms with Crippen LogP contribution in [-0.4, -0.2) is 39.0 Å². The Morgan fingerprint density at radius 3 is 3.08 bits per heavy atom. The Bertz CT molecular complexity index is 815. The van der Waals surface area contributed by atoms with Crippen LogP contribution < -0.4 is 5.32 Å². The molecule has 122 valence electrons. The standard InChI is InChI=1S/C16H15N5OS2/c22-14(7-13-10-24-16-18-5-6-21(13)16)19-8-12-9-23-15(20-12)11-1-3-17-4-2-11/h1-4,9-10H,5-8H2,(H,19,22). The normalized spacial score (nSPS) is 15.9. The third-order valence-corrected chi connectivity index (χ3v) is 5.63. The van der Waals surface area contributed by atoms with Crippen molar-refractivity contribution in [3.05, 3.63) is 46.7 Å². The number of pyridine rings is 1. The lowest BCUT2D eigenvalue weighted by molar-refractivity contribution is -0.120. The summed E-state index contributed by atoms with van der Waals surface area (Å²) in [7, 11) is 0. The van der Waals surface area contributed by atoms with Crippen LogP contribution in [0.4, 0.5) is 0 Å². The van der Waals surface area contributed by atoms with Crippen LogP contribution in [0.25, 0.3) is 10.6 Å². The van der Waals surface area contributed by atoms with Crippen LogP contribution >= 0.6 is 23.1 Å². The molecule has 6 nitrogen and oxygen atoms in total. The molecule has 0 aromatic carbocycles. The second kappa shape index (κ2) is 6.74. The number of thiazole rings is 1. The van der Waals surface area contributed by atoms with Gasteiger partial charge in [0.1, 0.15) is 5.01 Å². The van der Waals surface area contributed by atoms with Crippen molar-refractivity contribution < 1.29 is 4.79 Å². The number of hydrogen-bond acceptors (Lipinski definition) is 7. The highest BCUT2D eigenvalue weighted by atomic mass is 32.2. The molecule has 2 aromatic heterocycles. The molecule has 0 saturated heterocycles. The van der Waals surface area contributed by atoms with Crippen molar-refractivity contribution in [3.8, 4) is 10.6 Å². The van der Waals surface area contributed by atoms with Crippen molar-refractivity contribution in [2.75, 3.05) is 13.1 Å². The summed E-state index contributed by atoms with van der Waals surface area (Å²) in [5, 5.41) is 8.89. The number of fused-ring (bicyclic) bond motifs is 1. The molecule has 2 aromatic rings. The summed E-state index contributed by atoms with van der Waals surface area (Å²) in [6.45, 7) is 2.14. The molecule has 24 heavy (non-hydrogen) atoms. The second-order valence-corrected chi connectivity index (χ2v) is 7.07. The van der Waals surface area contributed by atoms with E-state index in [1.165, 1.54) is 0 Å². The maximum Gasteiger partial charge on any atom is 0.226 e. The number of hydrogen-bond donors (Lipinski definition) is 1. The number of rotatable bonds is 5. The first-order chi connectivity index (χ1) is 11.8. The van der Waals surface area contributed by atoms with Crippen LogP contribution in [0.15, 0.2) is 46.0 Å². The van der Waals surface area contributed by atoms with Gasteiger partial charge in [-0.05, 0) is 17.5 Å². The fraction of sp³-hybridized carbons (Fsp3) is 0.250. The third kappa shape index (κ3) is 3.20. The number of thioether (sulfide) groups is 1. The molecule has 2 aliphatic rings. The Morgan fingerprint density at radius 2 is 2.21 bits per heavy atom. The van der Waals surface area contributed by atoms with E-state index in [1.54, 1.807) is 35.5 Å². The van der Waals surface area contributed by atoms with Crippen LogP contribution in [-0.2, 0) is 11.3 Å². The summed E-state index contributed by atoms with van der Waals surface area (Å²) in [6, 6.07) is 3.86. The molecule has 0 aliphatic carbocycles. The van der Waals surface area contributed by atoms with Gasteiger partial charge < -0.3 is 10.2 Å². The Hall–Kier alpha value is -2.19. The van der Waals surface area contributed by atoms with Crippen LogP contribution in [0.5, 0.6) is 0 Å². The van der Waals surface area contributed by atoms with Gasteiger partial charge >= 0.3 is 0 Å². The molecule has 0 spiro atoms. The van der Waals surface area contributed by atoms with Gasteiger partial charge in [-0.3, -0.25) is 14.8 Å². The summed E-state index contributed by atoms with van der Waals surface area (Å²) < 4.78 is 0. The van der Waals surface area contributed by atoms with E-state index in [9.17, 15) is 4.79 Å². The predicted octanol–water partition coefficient (Wildman–Crippen LogP) is 2.47. The molecular formula is C16H15N5OS2. The first-order valence-corrected chi connectivity index (χ1v) is 9.35. The van der Waals surface area contributed by atoms with Gasteiger partial charge in [-0.15, -0.1) is 11.3 Å². The van der Waals surface area contributed by atoms with Gasteiger partial charge in [0.2, 0.25) is 5.91 Å². The SMILES string of the molecule is O=C(CC1=CSC2=NCCN12)NCc1csc(-c2ccncc2)n1. The molecule has 2 aliphatic heterocycles. The van der Waals surface area contributed by atoms with E-state index < -0.39 is 0 Å². The zero-order valence-electron chi connectivity index (χ0n) is 12.8. The number of aromatic nitrogens is 2. The summed E-state index contributed by atoms with van der Waals surface area (Å²) in [5.41, 5.74) is 2.95. The van der Waals surface area contributed by atoms with Crippen LogP contribution in [0, 0.1) is 0 Å². The quantitative estimate of drug-likeness (QED) is 0.890. The van der Waals surface area contributed by atoms with Gasteiger partial charge in [0, 0.05) is 35.6 Å². The Labute approximate surface area is 147 Å². The molecule has 0 radical (unpaired) electrons. The van der Waals surface area contributed by atoms with Gasteiger partial charge in [-0.1, -0.05) is 11.8 Å². The van der Waals surface area contributed by atoms with Crippen molar-refractivity contribution in [2.24, 2.45) is 4.99 Å². The fourth-order valence-electron chi connectivity index (χ4n) is 2.55. The number of amides is 1. The highest BCUT2D eigenvalue weighted by Gasteiger charge is 2.27.